The highest BCUT2D eigenvalue weighted by molar-refractivity contribution is 5.94. The lowest BCUT2D eigenvalue weighted by atomic mass is 10.1. The van der Waals surface area contributed by atoms with Crippen LogP contribution in [-0.4, -0.2) is 34.5 Å². The average Bonchev–Trinajstić information content (AvgIpc) is 2.87. The Kier molecular flexibility index (Phi) is 4.00. The van der Waals surface area contributed by atoms with Gasteiger partial charge in [0.25, 0.3) is 0 Å². The number of aryl methyl sites for hydroxylation is 1. The van der Waals surface area contributed by atoms with E-state index in [2.05, 4.69) is 0 Å². The maximum Gasteiger partial charge on any atom is 0.326 e. The molecule has 1 saturated heterocycles. The second-order valence-corrected chi connectivity index (χ2v) is 4.77. The number of likely N-dealkylation sites (tertiary alicyclic amines) is 1. The normalized spacial score (nSPS) is 19.0. The van der Waals surface area contributed by atoms with Gasteiger partial charge in [-0.3, -0.25) is 4.79 Å². The van der Waals surface area contributed by atoms with Crippen LogP contribution in [0.2, 0.25) is 0 Å². The van der Waals surface area contributed by atoms with Crippen LogP contribution in [0.1, 0.15) is 24.0 Å². The van der Waals surface area contributed by atoms with E-state index in [1.54, 1.807) is 6.08 Å². The summed E-state index contributed by atoms with van der Waals surface area (Å²) in [6, 6.07) is 7.13. The van der Waals surface area contributed by atoms with Crippen LogP contribution in [0.4, 0.5) is 0 Å². The van der Waals surface area contributed by atoms with Crippen LogP contribution in [0.3, 0.4) is 0 Å². The smallest absolute Gasteiger partial charge is 0.326 e. The zero-order chi connectivity index (χ0) is 13.8. The van der Waals surface area contributed by atoms with Crippen molar-refractivity contribution < 1.29 is 14.7 Å². The van der Waals surface area contributed by atoms with Gasteiger partial charge in [-0.15, -0.1) is 0 Å². The minimum absolute atomic E-state index is 0.231. The molecule has 4 nitrogen and oxygen atoms in total. The van der Waals surface area contributed by atoms with E-state index in [1.165, 1.54) is 11.0 Å². The summed E-state index contributed by atoms with van der Waals surface area (Å²) in [6.45, 7) is 2.52. The molecule has 1 aliphatic heterocycles. The first kappa shape index (κ1) is 13.3. The zero-order valence-corrected chi connectivity index (χ0v) is 10.9. The summed E-state index contributed by atoms with van der Waals surface area (Å²) in [5.41, 5.74) is 2.10. The Morgan fingerprint density at radius 1 is 1.32 bits per heavy atom. The molecule has 0 unspecified atom stereocenters. The Labute approximate surface area is 112 Å². The van der Waals surface area contributed by atoms with Crippen molar-refractivity contribution in [1.82, 2.24) is 4.90 Å². The molecule has 2 rings (SSSR count). The molecular weight excluding hydrogens is 242 g/mol. The molecule has 1 atom stereocenters. The molecule has 0 aliphatic carbocycles. The number of carbonyl (C=O) groups is 2. The fourth-order valence-corrected chi connectivity index (χ4v) is 2.23. The number of hydrogen-bond donors (Lipinski definition) is 1. The number of amides is 1. The van der Waals surface area contributed by atoms with Crippen molar-refractivity contribution in [3.8, 4) is 0 Å². The topological polar surface area (TPSA) is 57.6 Å². The van der Waals surface area contributed by atoms with Crippen LogP contribution in [0, 0.1) is 6.92 Å². The third-order valence-electron chi connectivity index (χ3n) is 3.32. The maximum absolute atomic E-state index is 12.0. The van der Waals surface area contributed by atoms with Gasteiger partial charge in [-0.2, -0.15) is 0 Å². The van der Waals surface area contributed by atoms with Crippen molar-refractivity contribution in [3.63, 3.8) is 0 Å². The minimum atomic E-state index is -0.922. The number of carbonyl (C=O) groups excluding carboxylic acids is 1. The van der Waals surface area contributed by atoms with E-state index in [-0.39, 0.29) is 5.91 Å². The predicted molar refractivity (Wildman–Crippen MR) is 72.6 cm³/mol. The fraction of sp³-hybridized carbons (Fsp3) is 0.333. The van der Waals surface area contributed by atoms with Gasteiger partial charge in [0.15, 0.2) is 0 Å². The Bertz CT molecular complexity index is 505. The standard InChI is InChI=1S/C15H17NO3/c1-11-4-6-12(7-5-11)8-9-14(17)16-10-2-3-13(16)15(18)19/h4-9,13H,2-3,10H2,1H3,(H,18,19)/t13-/m1/s1. The van der Waals surface area contributed by atoms with E-state index in [9.17, 15) is 9.59 Å². The maximum atomic E-state index is 12.0. The summed E-state index contributed by atoms with van der Waals surface area (Å²) in [5.74, 6) is -1.15. The zero-order valence-electron chi connectivity index (χ0n) is 10.9. The Morgan fingerprint density at radius 3 is 2.63 bits per heavy atom. The lowest BCUT2D eigenvalue weighted by Crippen LogP contribution is -2.39. The summed E-state index contributed by atoms with van der Waals surface area (Å²) >= 11 is 0. The van der Waals surface area contributed by atoms with Crippen LogP contribution in [0.25, 0.3) is 6.08 Å². The molecule has 1 N–H and O–H groups in total. The number of rotatable bonds is 3. The van der Waals surface area contributed by atoms with E-state index in [4.69, 9.17) is 5.11 Å². The number of carboxylic acids is 1. The summed E-state index contributed by atoms with van der Waals surface area (Å²) in [7, 11) is 0. The summed E-state index contributed by atoms with van der Waals surface area (Å²) < 4.78 is 0. The van der Waals surface area contributed by atoms with Gasteiger partial charge in [-0.25, -0.2) is 4.79 Å². The van der Waals surface area contributed by atoms with Crippen LogP contribution in [0.5, 0.6) is 0 Å². The second-order valence-electron chi connectivity index (χ2n) is 4.77. The van der Waals surface area contributed by atoms with Gasteiger partial charge in [0.2, 0.25) is 5.91 Å². The van der Waals surface area contributed by atoms with E-state index >= 15 is 0 Å². The molecule has 1 amide bonds. The highest BCUT2D eigenvalue weighted by atomic mass is 16.4. The quantitative estimate of drug-likeness (QED) is 0.845. The van der Waals surface area contributed by atoms with Gasteiger partial charge in [-0.05, 0) is 31.4 Å². The number of carboxylic acid groups (broad SMARTS) is 1. The van der Waals surface area contributed by atoms with E-state index in [0.29, 0.717) is 13.0 Å². The van der Waals surface area contributed by atoms with Gasteiger partial charge < -0.3 is 10.0 Å². The molecule has 1 aromatic rings. The van der Waals surface area contributed by atoms with E-state index in [1.807, 2.05) is 31.2 Å². The molecule has 4 heteroatoms. The van der Waals surface area contributed by atoms with Crippen molar-refractivity contribution in [2.45, 2.75) is 25.8 Å². The molecule has 19 heavy (non-hydrogen) atoms. The number of nitrogens with zero attached hydrogens (tertiary/aromatic N) is 1. The molecule has 1 fully saturated rings. The molecule has 0 spiro atoms. The van der Waals surface area contributed by atoms with Crippen molar-refractivity contribution in [2.24, 2.45) is 0 Å². The first-order valence-corrected chi connectivity index (χ1v) is 6.36. The van der Waals surface area contributed by atoms with E-state index < -0.39 is 12.0 Å². The van der Waals surface area contributed by atoms with Crippen LogP contribution in [0.15, 0.2) is 30.3 Å². The van der Waals surface area contributed by atoms with Crippen molar-refractivity contribution >= 4 is 18.0 Å². The molecule has 0 aromatic heterocycles. The van der Waals surface area contributed by atoms with Crippen molar-refractivity contribution in [2.75, 3.05) is 6.54 Å². The third-order valence-corrected chi connectivity index (χ3v) is 3.32. The van der Waals surface area contributed by atoms with Crippen molar-refractivity contribution in [1.29, 1.82) is 0 Å². The van der Waals surface area contributed by atoms with Crippen LogP contribution >= 0.6 is 0 Å². The van der Waals surface area contributed by atoms with Crippen molar-refractivity contribution in [3.05, 3.63) is 41.5 Å². The second kappa shape index (κ2) is 5.69. The number of aliphatic carboxylic acids is 1. The number of hydrogen-bond acceptors (Lipinski definition) is 2. The third kappa shape index (κ3) is 3.22. The molecule has 1 aromatic carbocycles. The van der Waals surface area contributed by atoms with Gasteiger partial charge in [0.05, 0.1) is 0 Å². The monoisotopic (exact) mass is 259 g/mol. The SMILES string of the molecule is Cc1ccc(C=CC(=O)N2CCC[C@@H]2C(=O)O)cc1. The Balaban J connectivity index is 2.04. The molecule has 0 radical (unpaired) electrons. The van der Waals surface area contributed by atoms with Gasteiger partial charge in [-0.1, -0.05) is 29.8 Å². The van der Waals surface area contributed by atoms with Gasteiger partial charge in [0.1, 0.15) is 6.04 Å². The Hall–Kier alpha value is -2.10. The summed E-state index contributed by atoms with van der Waals surface area (Å²) in [5, 5.41) is 9.03. The molecule has 1 heterocycles. The largest absolute Gasteiger partial charge is 0.480 e. The fourth-order valence-electron chi connectivity index (χ4n) is 2.23. The first-order valence-electron chi connectivity index (χ1n) is 6.36. The molecular formula is C15H17NO3. The summed E-state index contributed by atoms with van der Waals surface area (Å²) in [4.78, 5) is 24.4. The Morgan fingerprint density at radius 2 is 2.00 bits per heavy atom. The van der Waals surface area contributed by atoms with Crippen LogP contribution < -0.4 is 0 Å². The molecule has 0 bridgehead atoms. The molecule has 100 valence electrons. The van der Waals surface area contributed by atoms with Crippen LogP contribution in [-0.2, 0) is 9.59 Å². The molecule has 1 aliphatic rings. The lowest BCUT2D eigenvalue weighted by molar-refractivity contribution is -0.146. The first-order chi connectivity index (χ1) is 9.08. The van der Waals surface area contributed by atoms with Gasteiger partial charge in [0, 0.05) is 12.6 Å². The average molecular weight is 259 g/mol. The highest BCUT2D eigenvalue weighted by Crippen LogP contribution is 2.18. The predicted octanol–water partition coefficient (Wildman–Crippen LogP) is 2.08. The molecule has 0 saturated carbocycles. The van der Waals surface area contributed by atoms with Gasteiger partial charge >= 0.3 is 5.97 Å². The lowest BCUT2D eigenvalue weighted by Gasteiger charge is -2.19. The highest BCUT2D eigenvalue weighted by Gasteiger charge is 2.32. The number of benzene rings is 1. The minimum Gasteiger partial charge on any atom is -0.480 e. The summed E-state index contributed by atoms with van der Waals surface area (Å²) in [6.07, 6.45) is 4.46. The van der Waals surface area contributed by atoms with E-state index in [0.717, 1.165) is 17.5 Å².